The van der Waals surface area contributed by atoms with E-state index in [0.29, 0.717) is 36.7 Å². The minimum Gasteiger partial charge on any atom is -0.352 e. The van der Waals surface area contributed by atoms with E-state index in [0.717, 1.165) is 17.5 Å². The molecule has 5 heteroatoms. The van der Waals surface area contributed by atoms with Gasteiger partial charge in [0.05, 0.1) is 0 Å². The average molecular weight is 457 g/mol. The molecule has 0 heterocycles. The van der Waals surface area contributed by atoms with Crippen LogP contribution in [0.5, 0.6) is 0 Å². The summed E-state index contributed by atoms with van der Waals surface area (Å²) in [6.45, 7) is 10.6. The summed E-state index contributed by atoms with van der Waals surface area (Å²) in [5.74, 6) is 0.332. The van der Waals surface area contributed by atoms with Crippen molar-refractivity contribution in [2.75, 3.05) is 0 Å². The zero-order valence-electron chi connectivity index (χ0n) is 20.0. The molecule has 0 aliphatic carbocycles. The van der Waals surface area contributed by atoms with Crippen molar-refractivity contribution in [3.63, 3.8) is 0 Å². The Morgan fingerprint density at radius 3 is 2.19 bits per heavy atom. The monoisotopic (exact) mass is 456 g/mol. The van der Waals surface area contributed by atoms with Crippen LogP contribution in [-0.4, -0.2) is 28.8 Å². The van der Waals surface area contributed by atoms with Crippen molar-refractivity contribution in [1.82, 2.24) is 10.2 Å². The Morgan fingerprint density at radius 1 is 0.969 bits per heavy atom. The second kappa shape index (κ2) is 12.6. The van der Waals surface area contributed by atoms with Gasteiger partial charge in [0.2, 0.25) is 11.8 Å². The first-order chi connectivity index (χ1) is 15.3. The normalized spacial score (nSPS) is 13.0. The van der Waals surface area contributed by atoms with Crippen molar-refractivity contribution >= 4 is 23.4 Å². The van der Waals surface area contributed by atoms with Gasteiger partial charge >= 0.3 is 0 Å². The lowest BCUT2D eigenvalue weighted by Crippen LogP contribution is -2.50. The maximum Gasteiger partial charge on any atom is 0.243 e. The van der Waals surface area contributed by atoms with Crippen molar-refractivity contribution in [2.45, 2.75) is 84.8 Å². The third-order valence-electron chi connectivity index (χ3n) is 5.96. The summed E-state index contributed by atoms with van der Waals surface area (Å²) in [5.41, 5.74) is 3.25. The Morgan fingerprint density at radius 2 is 1.62 bits per heavy atom. The molecule has 0 fully saturated rings. The fraction of sp³-hybridized carbons (Fsp3) is 0.481. The Labute approximate surface area is 198 Å². The van der Waals surface area contributed by atoms with Crippen molar-refractivity contribution in [1.29, 1.82) is 0 Å². The summed E-state index contributed by atoms with van der Waals surface area (Å²) in [7, 11) is 0. The highest BCUT2D eigenvalue weighted by atomic mass is 35.5. The minimum atomic E-state index is -0.531. The second-order valence-corrected chi connectivity index (χ2v) is 9.16. The summed E-state index contributed by atoms with van der Waals surface area (Å²) in [4.78, 5) is 28.1. The average Bonchev–Trinajstić information content (AvgIpc) is 2.78. The second-order valence-electron chi connectivity index (χ2n) is 8.75. The third kappa shape index (κ3) is 7.37. The van der Waals surface area contributed by atoms with Crippen LogP contribution in [-0.2, 0) is 22.6 Å². The van der Waals surface area contributed by atoms with Gasteiger partial charge in [-0.25, -0.2) is 0 Å². The molecule has 2 atom stereocenters. The van der Waals surface area contributed by atoms with E-state index in [1.807, 2.05) is 45.0 Å². The Bertz CT molecular complexity index is 879. The highest BCUT2D eigenvalue weighted by Gasteiger charge is 2.29. The first-order valence-electron chi connectivity index (χ1n) is 11.7. The molecule has 0 saturated heterocycles. The number of hydrogen-bond donors (Lipinski definition) is 1. The molecular formula is C27H37ClN2O2. The Kier molecular flexibility index (Phi) is 10.2. The summed E-state index contributed by atoms with van der Waals surface area (Å²) < 4.78 is 0. The lowest BCUT2D eigenvalue weighted by molar-refractivity contribution is -0.141. The maximum atomic E-state index is 13.4. The zero-order valence-corrected chi connectivity index (χ0v) is 20.8. The van der Waals surface area contributed by atoms with Crippen LogP contribution >= 0.6 is 11.6 Å². The first kappa shape index (κ1) is 25.9. The van der Waals surface area contributed by atoms with E-state index < -0.39 is 6.04 Å². The van der Waals surface area contributed by atoms with Gasteiger partial charge in [-0.3, -0.25) is 9.59 Å². The van der Waals surface area contributed by atoms with E-state index in [1.54, 1.807) is 4.90 Å². The van der Waals surface area contributed by atoms with Crippen molar-refractivity contribution in [3.05, 3.63) is 70.2 Å². The standard InChI is InChI=1S/C27H37ClN2O2/c1-6-20(5)29-27(32)25(7-2)30(18-23-10-8-9-11-24(23)28)26(31)17-14-21-12-15-22(16-13-21)19(3)4/h8-13,15-16,19-20,25H,6-7,14,17-18H2,1-5H3,(H,29,32)/t20-,25-/m1/s1. The maximum absolute atomic E-state index is 13.4. The first-order valence-corrected chi connectivity index (χ1v) is 12.1. The predicted octanol–water partition coefficient (Wildman–Crippen LogP) is 6.12. The molecule has 2 rings (SSSR count). The lowest BCUT2D eigenvalue weighted by atomic mass is 10.00. The summed E-state index contributed by atoms with van der Waals surface area (Å²) in [6, 6.07) is 15.5. The Hall–Kier alpha value is -2.33. The number of amides is 2. The minimum absolute atomic E-state index is 0.0380. The molecule has 2 amide bonds. The van der Waals surface area contributed by atoms with E-state index >= 15 is 0 Å². The molecule has 0 spiro atoms. The van der Waals surface area contributed by atoms with Gasteiger partial charge in [0.15, 0.2) is 0 Å². The van der Waals surface area contributed by atoms with E-state index in [-0.39, 0.29) is 17.9 Å². The smallest absolute Gasteiger partial charge is 0.243 e. The van der Waals surface area contributed by atoms with Gasteiger partial charge in [0, 0.05) is 24.0 Å². The zero-order chi connectivity index (χ0) is 23.7. The van der Waals surface area contributed by atoms with Gasteiger partial charge in [-0.1, -0.05) is 81.8 Å². The van der Waals surface area contributed by atoms with Crippen molar-refractivity contribution < 1.29 is 9.59 Å². The van der Waals surface area contributed by atoms with Crippen LogP contribution in [0.2, 0.25) is 5.02 Å². The number of nitrogens with one attached hydrogen (secondary N) is 1. The molecule has 174 valence electrons. The van der Waals surface area contributed by atoms with Crippen LogP contribution in [0.25, 0.3) is 0 Å². The molecule has 2 aromatic carbocycles. The van der Waals surface area contributed by atoms with Crippen LogP contribution in [0, 0.1) is 0 Å². The highest BCUT2D eigenvalue weighted by Crippen LogP contribution is 2.21. The van der Waals surface area contributed by atoms with Crippen LogP contribution in [0.15, 0.2) is 48.5 Å². The Balaban J connectivity index is 2.20. The fourth-order valence-corrected chi connectivity index (χ4v) is 3.83. The van der Waals surface area contributed by atoms with E-state index in [9.17, 15) is 9.59 Å². The SMILES string of the molecule is CC[C@@H](C)NC(=O)[C@@H](CC)N(Cc1ccccc1Cl)C(=O)CCc1ccc(C(C)C)cc1. The molecule has 0 aromatic heterocycles. The molecule has 4 nitrogen and oxygen atoms in total. The summed E-state index contributed by atoms with van der Waals surface area (Å²) in [5, 5.41) is 3.64. The summed E-state index contributed by atoms with van der Waals surface area (Å²) in [6.07, 6.45) is 2.37. The van der Waals surface area contributed by atoms with Gasteiger partial charge < -0.3 is 10.2 Å². The van der Waals surface area contributed by atoms with Crippen LogP contribution in [0.3, 0.4) is 0 Å². The number of carbonyl (C=O) groups excluding carboxylic acids is 2. The van der Waals surface area contributed by atoms with Crippen LogP contribution < -0.4 is 5.32 Å². The predicted molar refractivity (Wildman–Crippen MR) is 133 cm³/mol. The van der Waals surface area contributed by atoms with Crippen molar-refractivity contribution in [3.8, 4) is 0 Å². The molecule has 2 aromatic rings. The molecule has 32 heavy (non-hydrogen) atoms. The van der Waals surface area contributed by atoms with Gasteiger partial charge in [0.25, 0.3) is 0 Å². The van der Waals surface area contributed by atoms with E-state index in [4.69, 9.17) is 11.6 Å². The highest BCUT2D eigenvalue weighted by molar-refractivity contribution is 6.31. The van der Waals surface area contributed by atoms with Gasteiger partial charge in [-0.2, -0.15) is 0 Å². The molecule has 0 aliphatic heterocycles. The van der Waals surface area contributed by atoms with Crippen LogP contribution in [0.4, 0.5) is 0 Å². The van der Waals surface area contributed by atoms with Gasteiger partial charge in [-0.05, 0) is 54.9 Å². The molecule has 1 N–H and O–H groups in total. The molecular weight excluding hydrogens is 420 g/mol. The van der Waals surface area contributed by atoms with E-state index in [2.05, 4.69) is 43.4 Å². The summed E-state index contributed by atoms with van der Waals surface area (Å²) >= 11 is 6.38. The van der Waals surface area contributed by atoms with Crippen LogP contribution in [0.1, 0.15) is 76.5 Å². The number of carbonyl (C=O) groups is 2. The number of benzene rings is 2. The topological polar surface area (TPSA) is 49.4 Å². The number of halogens is 1. The molecule has 0 aliphatic rings. The lowest BCUT2D eigenvalue weighted by Gasteiger charge is -2.32. The third-order valence-corrected chi connectivity index (χ3v) is 6.33. The number of nitrogens with zero attached hydrogens (tertiary/aromatic N) is 1. The van der Waals surface area contributed by atoms with Crippen molar-refractivity contribution in [2.24, 2.45) is 0 Å². The van der Waals surface area contributed by atoms with Gasteiger partial charge in [-0.15, -0.1) is 0 Å². The molecule has 0 saturated carbocycles. The number of hydrogen-bond acceptors (Lipinski definition) is 2. The quantitative estimate of drug-likeness (QED) is 0.443. The molecule has 0 radical (unpaired) electrons. The van der Waals surface area contributed by atoms with E-state index in [1.165, 1.54) is 5.56 Å². The largest absolute Gasteiger partial charge is 0.352 e. The molecule has 0 bridgehead atoms. The number of rotatable bonds is 11. The fourth-order valence-electron chi connectivity index (χ4n) is 3.63. The van der Waals surface area contributed by atoms with Gasteiger partial charge in [0.1, 0.15) is 6.04 Å². The number of aryl methyl sites for hydroxylation is 1. The molecule has 0 unspecified atom stereocenters.